The van der Waals surface area contributed by atoms with Crippen LogP contribution < -0.4 is 5.32 Å². The Kier molecular flexibility index (Phi) is 4.26. The maximum absolute atomic E-state index is 5.84. The van der Waals surface area contributed by atoms with E-state index in [4.69, 9.17) is 4.74 Å². The summed E-state index contributed by atoms with van der Waals surface area (Å²) in [4.78, 5) is 0. The van der Waals surface area contributed by atoms with E-state index in [1.165, 1.54) is 32.1 Å². The van der Waals surface area contributed by atoms with E-state index in [0.717, 1.165) is 24.4 Å². The normalized spacial score (nSPS) is 44.8. The summed E-state index contributed by atoms with van der Waals surface area (Å²) >= 11 is 0. The van der Waals surface area contributed by atoms with Gasteiger partial charge in [-0.2, -0.15) is 0 Å². The SMILES string of the molecule is CC1CC(C)CC(NCC2CCC(C)O2)C1. The van der Waals surface area contributed by atoms with Gasteiger partial charge in [-0.05, 0) is 50.9 Å². The van der Waals surface area contributed by atoms with Crippen LogP contribution in [-0.4, -0.2) is 24.8 Å². The van der Waals surface area contributed by atoms with Gasteiger partial charge in [-0.3, -0.25) is 0 Å². The number of nitrogens with one attached hydrogen (secondary N) is 1. The van der Waals surface area contributed by atoms with Gasteiger partial charge >= 0.3 is 0 Å². The van der Waals surface area contributed by atoms with E-state index in [1.54, 1.807) is 0 Å². The first kappa shape index (κ1) is 12.4. The second-order valence-corrected chi connectivity index (χ2v) is 6.17. The highest BCUT2D eigenvalue weighted by Crippen LogP contribution is 2.28. The summed E-state index contributed by atoms with van der Waals surface area (Å²) in [5.41, 5.74) is 0. The van der Waals surface area contributed by atoms with Gasteiger partial charge in [0.1, 0.15) is 0 Å². The summed E-state index contributed by atoms with van der Waals surface area (Å²) < 4.78 is 5.84. The number of hydrogen-bond donors (Lipinski definition) is 1. The van der Waals surface area contributed by atoms with Crippen molar-refractivity contribution in [2.24, 2.45) is 11.8 Å². The zero-order valence-corrected chi connectivity index (χ0v) is 11.0. The Hall–Kier alpha value is -0.0800. The van der Waals surface area contributed by atoms with Crippen LogP contribution in [-0.2, 0) is 4.74 Å². The average molecular weight is 225 g/mol. The molecule has 2 fully saturated rings. The van der Waals surface area contributed by atoms with Crippen molar-refractivity contribution in [2.75, 3.05) is 6.54 Å². The fraction of sp³-hybridized carbons (Fsp3) is 1.00. The van der Waals surface area contributed by atoms with Gasteiger partial charge in [0.2, 0.25) is 0 Å². The van der Waals surface area contributed by atoms with Crippen molar-refractivity contribution in [1.82, 2.24) is 5.32 Å². The zero-order valence-electron chi connectivity index (χ0n) is 11.0. The predicted molar refractivity (Wildman–Crippen MR) is 67.5 cm³/mol. The van der Waals surface area contributed by atoms with Gasteiger partial charge in [0.05, 0.1) is 12.2 Å². The van der Waals surface area contributed by atoms with E-state index in [2.05, 4.69) is 26.1 Å². The Labute approximate surface area is 100 Å². The summed E-state index contributed by atoms with van der Waals surface area (Å²) in [5, 5.41) is 3.72. The van der Waals surface area contributed by atoms with Gasteiger partial charge in [-0.1, -0.05) is 13.8 Å². The van der Waals surface area contributed by atoms with Crippen molar-refractivity contribution in [3.8, 4) is 0 Å². The molecule has 2 heteroatoms. The second kappa shape index (κ2) is 5.50. The zero-order chi connectivity index (χ0) is 11.5. The van der Waals surface area contributed by atoms with E-state index in [-0.39, 0.29) is 0 Å². The van der Waals surface area contributed by atoms with Crippen LogP contribution in [0.4, 0.5) is 0 Å². The first-order chi connectivity index (χ1) is 7.63. The molecule has 2 rings (SSSR count). The molecule has 0 radical (unpaired) electrons. The van der Waals surface area contributed by atoms with Gasteiger partial charge < -0.3 is 10.1 Å². The third-order valence-electron chi connectivity index (χ3n) is 4.13. The molecule has 94 valence electrons. The number of rotatable bonds is 3. The smallest absolute Gasteiger partial charge is 0.0704 e. The quantitative estimate of drug-likeness (QED) is 0.797. The van der Waals surface area contributed by atoms with Crippen LogP contribution in [0.3, 0.4) is 0 Å². The molecule has 0 aromatic heterocycles. The van der Waals surface area contributed by atoms with Crippen molar-refractivity contribution in [1.29, 1.82) is 0 Å². The lowest BCUT2D eigenvalue weighted by atomic mass is 9.80. The molecule has 1 aliphatic carbocycles. The molecule has 16 heavy (non-hydrogen) atoms. The Morgan fingerprint density at radius 2 is 1.69 bits per heavy atom. The highest BCUT2D eigenvalue weighted by Gasteiger charge is 2.26. The largest absolute Gasteiger partial charge is 0.374 e. The van der Waals surface area contributed by atoms with Crippen LogP contribution in [0.5, 0.6) is 0 Å². The van der Waals surface area contributed by atoms with Crippen molar-refractivity contribution in [3.05, 3.63) is 0 Å². The molecule has 1 saturated heterocycles. The standard InChI is InChI=1S/C14H27NO/c1-10-6-11(2)8-13(7-10)15-9-14-5-4-12(3)16-14/h10-15H,4-9H2,1-3H3. The third kappa shape index (κ3) is 3.46. The Morgan fingerprint density at radius 3 is 2.25 bits per heavy atom. The second-order valence-electron chi connectivity index (χ2n) is 6.17. The van der Waals surface area contributed by atoms with E-state index >= 15 is 0 Å². The van der Waals surface area contributed by atoms with Crippen LogP contribution >= 0.6 is 0 Å². The topological polar surface area (TPSA) is 21.3 Å². The van der Waals surface area contributed by atoms with Crippen LogP contribution in [0.1, 0.15) is 52.9 Å². The highest BCUT2D eigenvalue weighted by atomic mass is 16.5. The molecule has 0 amide bonds. The van der Waals surface area contributed by atoms with Gasteiger partial charge in [-0.25, -0.2) is 0 Å². The van der Waals surface area contributed by atoms with E-state index in [1.807, 2.05) is 0 Å². The first-order valence-corrected chi connectivity index (χ1v) is 7.02. The maximum Gasteiger partial charge on any atom is 0.0704 e. The van der Waals surface area contributed by atoms with E-state index in [9.17, 15) is 0 Å². The first-order valence-electron chi connectivity index (χ1n) is 7.02. The van der Waals surface area contributed by atoms with Gasteiger partial charge in [-0.15, -0.1) is 0 Å². The van der Waals surface area contributed by atoms with Crippen LogP contribution in [0.25, 0.3) is 0 Å². The monoisotopic (exact) mass is 225 g/mol. The lowest BCUT2D eigenvalue weighted by molar-refractivity contribution is 0.0520. The van der Waals surface area contributed by atoms with Crippen LogP contribution in [0, 0.1) is 11.8 Å². The molecule has 0 aromatic rings. The molecule has 1 N–H and O–H groups in total. The van der Waals surface area contributed by atoms with E-state index < -0.39 is 0 Å². The Balaban J connectivity index is 1.69. The Bertz CT molecular complexity index is 209. The lowest BCUT2D eigenvalue weighted by Gasteiger charge is -2.32. The number of hydrogen-bond acceptors (Lipinski definition) is 2. The summed E-state index contributed by atoms with van der Waals surface area (Å²) in [6.07, 6.45) is 7.56. The molecule has 2 nitrogen and oxygen atoms in total. The molecule has 1 aliphatic heterocycles. The highest BCUT2D eigenvalue weighted by molar-refractivity contribution is 4.81. The van der Waals surface area contributed by atoms with Crippen molar-refractivity contribution < 1.29 is 4.74 Å². The minimum atomic E-state index is 0.475. The predicted octanol–water partition coefficient (Wildman–Crippen LogP) is 2.97. The molecule has 4 atom stereocenters. The fourth-order valence-electron chi connectivity index (χ4n) is 3.45. The molecule has 1 saturated carbocycles. The summed E-state index contributed by atoms with van der Waals surface area (Å²) in [6.45, 7) is 8.02. The molecule has 0 spiro atoms. The lowest BCUT2D eigenvalue weighted by Crippen LogP contribution is -2.40. The van der Waals surface area contributed by atoms with E-state index in [0.29, 0.717) is 12.2 Å². The van der Waals surface area contributed by atoms with Gasteiger partial charge in [0, 0.05) is 12.6 Å². The fourth-order valence-corrected chi connectivity index (χ4v) is 3.45. The minimum absolute atomic E-state index is 0.475. The van der Waals surface area contributed by atoms with Gasteiger partial charge in [0.25, 0.3) is 0 Å². The minimum Gasteiger partial charge on any atom is -0.374 e. The number of ether oxygens (including phenoxy) is 1. The van der Waals surface area contributed by atoms with Crippen molar-refractivity contribution in [2.45, 2.75) is 71.1 Å². The maximum atomic E-state index is 5.84. The average Bonchev–Trinajstić information content (AvgIpc) is 2.60. The third-order valence-corrected chi connectivity index (χ3v) is 4.13. The summed E-state index contributed by atoms with van der Waals surface area (Å²) in [5.74, 6) is 1.79. The molecular formula is C14H27NO. The summed E-state index contributed by atoms with van der Waals surface area (Å²) in [6, 6.07) is 0.734. The Morgan fingerprint density at radius 1 is 1.00 bits per heavy atom. The molecular weight excluding hydrogens is 198 g/mol. The molecule has 2 aliphatic rings. The summed E-state index contributed by atoms with van der Waals surface area (Å²) in [7, 11) is 0. The van der Waals surface area contributed by atoms with Gasteiger partial charge in [0.15, 0.2) is 0 Å². The van der Waals surface area contributed by atoms with Crippen molar-refractivity contribution >= 4 is 0 Å². The molecule has 1 heterocycles. The van der Waals surface area contributed by atoms with Crippen molar-refractivity contribution in [3.63, 3.8) is 0 Å². The van der Waals surface area contributed by atoms with Crippen LogP contribution in [0.2, 0.25) is 0 Å². The molecule has 0 aromatic carbocycles. The molecule has 0 bridgehead atoms. The van der Waals surface area contributed by atoms with Crippen LogP contribution in [0.15, 0.2) is 0 Å². The molecule has 4 unspecified atom stereocenters.